The molecule has 4 aliphatic carbocycles. The molecule has 1 aromatic rings. The molecule has 0 spiro atoms. The number of halogens is 1. The number of aromatic amines is 1. The van der Waals surface area contributed by atoms with Crippen molar-refractivity contribution in [2.45, 2.75) is 64.4 Å². The average molecular weight is 651 g/mol. The second-order valence-corrected chi connectivity index (χ2v) is 12.8. The second-order valence-electron chi connectivity index (χ2n) is 11.8. The average Bonchev–Trinajstić information content (AvgIpc) is 3.51. The van der Waals surface area contributed by atoms with Crippen LogP contribution in [0, 0.1) is 38.2 Å². The first-order valence-electron chi connectivity index (χ1n) is 13.9. The number of allylic oxidation sites excluding steroid dienone is 2. The zero-order valence-corrected chi connectivity index (χ0v) is 24.4. The van der Waals surface area contributed by atoms with E-state index in [1.807, 2.05) is 0 Å². The van der Waals surface area contributed by atoms with E-state index in [9.17, 15) is 24.6 Å². The van der Waals surface area contributed by atoms with E-state index in [0.29, 0.717) is 25.8 Å². The highest BCUT2D eigenvalue weighted by molar-refractivity contribution is 14.1. The molecule has 39 heavy (non-hydrogen) atoms. The Bertz CT molecular complexity index is 1180. The number of aliphatic hydroxyl groups excluding tert-OH is 2. The summed E-state index contributed by atoms with van der Waals surface area (Å²) in [4.78, 5) is 49.7. The molecule has 0 saturated heterocycles. The maximum atomic E-state index is 12.5. The standard InChI is InChI=1S/C28H37IN4O6/c1-27-8-6-17(33-39-13-24(38)30-9-7-21-26(29)32-15-31-21)10-16(27)2-3-18-19-4-5-20(23(37)12-34)28(19,14-35)11-22(36)25(18)27/h10,14-15,18-20,22,25,34,36H,2-9,11-13H2,1H3,(H,30,38)(H,31,32)/b33-17-/t18-,19-,20+,22-,25+,27-,28+/m0/s1/i29-2. The summed E-state index contributed by atoms with van der Waals surface area (Å²) in [5.74, 6) is -0.806. The number of Topliss-reactive ketones (excluding diaryl/α,β-unsaturated/α-hetero) is 1. The van der Waals surface area contributed by atoms with Crippen molar-refractivity contribution in [3.8, 4) is 0 Å². The van der Waals surface area contributed by atoms with Crippen LogP contribution >= 0.6 is 22.6 Å². The molecule has 5 rings (SSSR count). The van der Waals surface area contributed by atoms with Gasteiger partial charge in [0.05, 0.1) is 18.1 Å². The highest BCUT2D eigenvalue weighted by atomic mass is 125. The first kappa shape index (κ1) is 28.4. The number of H-pyrrole nitrogens is 1. The maximum absolute atomic E-state index is 12.5. The van der Waals surface area contributed by atoms with E-state index < -0.39 is 24.0 Å². The van der Waals surface area contributed by atoms with Gasteiger partial charge < -0.3 is 30.1 Å². The fraction of sp³-hybridized carbons (Fsp3) is 0.679. The third-order valence-electron chi connectivity index (χ3n) is 10.0. The number of oxime groups is 1. The van der Waals surface area contributed by atoms with Crippen LogP contribution in [-0.2, 0) is 25.6 Å². The van der Waals surface area contributed by atoms with E-state index in [4.69, 9.17) is 4.84 Å². The Labute approximate surface area is 241 Å². The van der Waals surface area contributed by atoms with Gasteiger partial charge in [0.15, 0.2) is 12.4 Å². The number of fused-ring (bicyclic) bond motifs is 5. The molecular formula is C28H37IN4O6. The van der Waals surface area contributed by atoms with Crippen molar-refractivity contribution in [2.24, 2.45) is 39.7 Å². The van der Waals surface area contributed by atoms with Gasteiger partial charge in [-0.15, -0.1) is 0 Å². The molecule has 0 radical (unpaired) electrons. The summed E-state index contributed by atoms with van der Waals surface area (Å²) in [5, 5.41) is 28.1. The lowest BCUT2D eigenvalue weighted by molar-refractivity contribution is -0.156. The van der Waals surface area contributed by atoms with Gasteiger partial charge in [0.1, 0.15) is 16.6 Å². The summed E-state index contributed by atoms with van der Waals surface area (Å²) in [7, 11) is 0. The predicted molar refractivity (Wildman–Crippen MR) is 150 cm³/mol. The summed E-state index contributed by atoms with van der Waals surface area (Å²) in [5.41, 5.74) is 1.91. The molecule has 4 N–H and O–H groups in total. The number of hydrogen-bond donors (Lipinski definition) is 4. The van der Waals surface area contributed by atoms with E-state index in [2.05, 4.69) is 56.0 Å². The van der Waals surface area contributed by atoms with Gasteiger partial charge in [0.25, 0.3) is 5.91 Å². The Morgan fingerprint density at radius 3 is 2.87 bits per heavy atom. The number of nitrogens with one attached hydrogen (secondary N) is 2. The number of carbonyl (C=O) groups excluding carboxylic acids is 3. The van der Waals surface area contributed by atoms with Crippen LogP contribution in [0.5, 0.6) is 0 Å². The van der Waals surface area contributed by atoms with Crippen LogP contribution in [0.15, 0.2) is 23.1 Å². The van der Waals surface area contributed by atoms with E-state index in [0.717, 1.165) is 47.1 Å². The van der Waals surface area contributed by atoms with Crippen molar-refractivity contribution in [3.63, 3.8) is 0 Å². The minimum atomic E-state index is -0.871. The predicted octanol–water partition coefficient (Wildman–Crippen LogP) is 2.34. The third kappa shape index (κ3) is 5.10. The number of aliphatic hydroxyl groups is 2. The van der Waals surface area contributed by atoms with Crippen molar-refractivity contribution >= 4 is 46.3 Å². The zero-order valence-electron chi connectivity index (χ0n) is 22.2. The summed E-state index contributed by atoms with van der Waals surface area (Å²) in [6, 6.07) is 0. The highest BCUT2D eigenvalue weighted by Gasteiger charge is 2.64. The molecule has 10 nitrogen and oxygen atoms in total. The molecule has 1 heterocycles. The number of aldehydes is 1. The van der Waals surface area contributed by atoms with Gasteiger partial charge in [-0.25, -0.2) is 4.98 Å². The van der Waals surface area contributed by atoms with Crippen LogP contribution in [0.2, 0.25) is 0 Å². The van der Waals surface area contributed by atoms with Gasteiger partial charge >= 0.3 is 0 Å². The smallest absolute Gasteiger partial charge is 0.260 e. The minimum absolute atomic E-state index is 0.00438. The van der Waals surface area contributed by atoms with Gasteiger partial charge in [-0.05, 0) is 96.8 Å². The number of aromatic nitrogens is 2. The molecule has 212 valence electrons. The van der Waals surface area contributed by atoms with Crippen LogP contribution in [0.1, 0.15) is 57.6 Å². The zero-order chi connectivity index (χ0) is 27.8. The molecule has 0 bridgehead atoms. The molecule has 3 saturated carbocycles. The van der Waals surface area contributed by atoms with Crippen molar-refractivity contribution in [1.29, 1.82) is 0 Å². The largest absolute Gasteiger partial charge is 0.393 e. The van der Waals surface area contributed by atoms with E-state index in [1.54, 1.807) is 6.33 Å². The highest BCUT2D eigenvalue weighted by Crippen LogP contribution is 2.66. The SMILES string of the molecule is C[C@]12CC/C(=N/OCC(=O)NCCc3[nH]cnc3[125I])C=C1CC[C@@H]1[C@@H]2[C@@H](O)C[C@]2(C=O)[C@@H](C(=O)CO)CC[C@@H]12. The first-order chi connectivity index (χ1) is 18.7. The molecule has 3 fully saturated rings. The van der Waals surface area contributed by atoms with Crippen LogP contribution in [0.4, 0.5) is 0 Å². The van der Waals surface area contributed by atoms with Crippen LogP contribution in [-0.4, -0.2) is 69.7 Å². The number of hydrogen-bond acceptors (Lipinski definition) is 8. The quantitative estimate of drug-likeness (QED) is 0.182. The number of ketones is 1. The number of amides is 1. The van der Waals surface area contributed by atoms with Crippen molar-refractivity contribution in [2.75, 3.05) is 19.8 Å². The van der Waals surface area contributed by atoms with Crippen LogP contribution in [0.25, 0.3) is 0 Å². The normalized spacial score (nSPS) is 36.4. The molecule has 7 atom stereocenters. The fourth-order valence-corrected chi connectivity index (χ4v) is 8.85. The Hall–Kier alpha value is -2.12. The van der Waals surface area contributed by atoms with Crippen molar-refractivity contribution < 1.29 is 29.4 Å². The second kappa shape index (κ2) is 11.4. The Morgan fingerprint density at radius 1 is 1.33 bits per heavy atom. The molecule has 1 amide bonds. The summed E-state index contributed by atoms with van der Waals surface area (Å²) in [6.07, 6.45) is 9.39. The maximum Gasteiger partial charge on any atom is 0.260 e. The minimum Gasteiger partial charge on any atom is -0.393 e. The summed E-state index contributed by atoms with van der Waals surface area (Å²) in [6.45, 7) is 1.98. The summed E-state index contributed by atoms with van der Waals surface area (Å²) < 4.78 is 0.893. The molecule has 0 unspecified atom stereocenters. The van der Waals surface area contributed by atoms with Gasteiger partial charge in [-0.1, -0.05) is 17.7 Å². The number of carbonyl (C=O) groups is 3. The van der Waals surface area contributed by atoms with E-state index in [-0.39, 0.29) is 47.9 Å². The lowest BCUT2D eigenvalue weighted by Gasteiger charge is -2.59. The third-order valence-corrected chi connectivity index (χ3v) is 11.0. The molecule has 0 aliphatic heterocycles. The van der Waals surface area contributed by atoms with E-state index in [1.165, 1.54) is 5.57 Å². The lowest BCUT2D eigenvalue weighted by atomic mass is 9.45. The Morgan fingerprint density at radius 2 is 2.15 bits per heavy atom. The molecule has 4 aliphatic rings. The monoisotopic (exact) mass is 650 g/mol. The lowest BCUT2D eigenvalue weighted by Crippen LogP contribution is -2.58. The van der Waals surface area contributed by atoms with Crippen molar-refractivity contribution in [1.82, 2.24) is 15.3 Å². The van der Waals surface area contributed by atoms with Crippen LogP contribution < -0.4 is 5.32 Å². The number of nitrogens with zero attached hydrogens (tertiary/aromatic N) is 2. The van der Waals surface area contributed by atoms with Crippen LogP contribution in [0.3, 0.4) is 0 Å². The molecular weight excluding hydrogens is 613 g/mol. The van der Waals surface area contributed by atoms with Gasteiger partial charge in [-0.2, -0.15) is 0 Å². The topological polar surface area (TPSA) is 154 Å². The van der Waals surface area contributed by atoms with Gasteiger partial charge in [0, 0.05) is 30.0 Å². The summed E-state index contributed by atoms with van der Waals surface area (Å²) >= 11 is 2.15. The number of rotatable bonds is 9. The Kier molecular flexibility index (Phi) is 8.30. The van der Waals surface area contributed by atoms with E-state index >= 15 is 0 Å². The van der Waals surface area contributed by atoms with Crippen molar-refractivity contribution in [3.05, 3.63) is 27.4 Å². The fourth-order valence-electron chi connectivity index (χ4n) is 8.29. The van der Waals surface area contributed by atoms with Gasteiger partial charge in [0.2, 0.25) is 0 Å². The molecule has 11 heteroatoms. The number of imidazole rings is 1. The first-order valence-corrected chi connectivity index (χ1v) is 14.9. The molecule has 1 aromatic heterocycles. The van der Waals surface area contributed by atoms with Gasteiger partial charge in [-0.3, -0.25) is 9.59 Å². The molecule has 0 aromatic carbocycles. The Balaban J connectivity index is 1.22.